The fourth-order valence-electron chi connectivity index (χ4n) is 2.68. The summed E-state index contributed by atoms with van der Waals surface area (Å²) >= 11 is 3.46. The van der Waals surface area contributed by atoms with Crippen LogP contribution in [-0.4, -0.2) is 15.5 Å². The number of hydrogen-bond acceptors (Lipinski definition) is 3. The van der Waals surface area contributed by atoms with Crippen LogP contribution < -0.4 is 10.9 Å². The number of aryl methyl sites for hydroxylation is 1. The zero-order chi connectivity index (χ0) is 17.8. The Labute approximate surface area is 153 Å². The van der Waals surface area contributed by atoms with E-state index in [4.69, 9.17) is 0 Å². The normalized spacial score (nSPS) is 10.8. The first kappa shape index (κ1) is 17.4. The van der Waals surface area contributed by atoms with Crippen molar-refractivity contribution in [2.75, 3.05) is 0 Å². The fraction of sp³-hybridized carbons (Fsp3) is 0.211. The van der Waals surface area contributed by atoms with Gasteiger partial charge in [0, 0.05) is 17.4 Å². The Kier molecular flexibility index (Phi) is 5.28. The largest absolute Gasteiger partial charge is 0.350 e. The van der Waals surface area contributed by atoms with Gasteiger partial charge in [0.2, 0.25) is 5.91 Å². The standard InChI is InChI=1S/C19H18BrN3O2/c1-2-17-22-16-10-6-4-8-14(16)19(25)23(17)12-18(24)21-11-13-7-3-5-9-15(13)20/h3-10H,2,11-12H2,1H3,(H,21,24). The number of carbonyl (C=O) groups excluding carboxylic acids is 1. The highest BCUT2D eigenvalue weighted by atomic mass is 79.9. The summed E-state index contributed by atoms with van der Waals surface area (Å²) in [6.45, 7) is 2.29. The van der Waals surface area contributed by atoms with Gasteiger partial charge in [-0.15, -0.1) is 0 Å². The van der Waals surface area contributed by atoms with Crippen LogP contribution in [0.15, 0.2) is 57.8 Å². The number of nitrogens with one attached hydrogen (secondary N) is 1. The minimum absolute atomic E-state index is 0.0374. The first-order chi connectivity index (χ1) is 12.1. The summed E-state index contributed by atoms with van der Waals surface area (Å²) in [5.41, 5.74) is 1.46. The molecule has 1 N–H and O–H groups in total. The monoisotopic (exact) mass is 399 g/mol. The highest BCUT2D eigenvalue weighted by molar-refractivity contribution is 9.10. The molecule has 5 nitrogen and oxygen atoms in total. The molecule has 3 rings (SSSR count). The lowest BCUT2D eigenvalue weighted by Crippen LogP contribution is -2.34. The van der Waals surface area contributed by atoms with Crippen molar-refractivity contribution in [2.24, 2.45) is 0 Å². The van der Waals surface area contributed by atoms with Crippen LogP contribution in [0.25, 0.3) is 10.9 Å². The summed E-state index contributed by atoms with van der Waals surface area (Å²) in [4.78, 5) is 29.6. The summed E-state index contributed by atoms with van der Waals surface area (Å²) in [7, 11) is 0. The minimum Gasteiger partial charge on any atom is -0.350 e. The number of hydrogen-bond donors (Lipinski definition) is 1. The molecule has 6 heteroatoms. The predicted molar refractivity (Wildman–Crippen MR) is 101 cm³/mol. The molecule has 0 saturated carbocycles. The maximum atomic E-state index is 12.7. The molecule has 3 aromatic rings. The van der Waals surface area contributed by atoms with E-state index < -0.39 is 0 Å². The Morgan fingerprint density at radius 1 is 1.16 bits per heavy atom. The smallest absolute Gasteiger partial charge is 0.261 e. The van der Waals surface area contributed by atoms with Gasteiger partial charge in [0.15, 0.2) is 0 Å². The lowest BCUT2D eigenvalue weighted by Gasteiger charge is -2.13. The van der Waals surface area contributed by atoms with Gasteiger partial charge in [-0.25, -0.2) is 4.98 Å². The van der Waals surface area contributed by atoms with Crippen molar-refractivity contribution in [2.45, 2.75) is 26.4 Å². The average Bonchev–Trinajstić information content (AvgIpc) is 2.63. The van der Waals surface area contributed by atoms with Gasteiger partial charge in [-0.1, -0.05) is 53.2 Å². The van der Waals surface area contributed by atoms with Crippen molar-refractivity contribution in [3.05, 3.63) is 74.7 Å². The van der Waals surface area contributed by atoms with Gasteiger partial charge >= 0.3 is 0 Å². The van der Waals surface area contributed by atoms with Gasteiger partial charge < -0.3 is 5.32 Å². The molecule has 0 unspecified atom stereocenters. The van der Waals surface area contributed by atoms with Crippen LogP contribution >= 0.6 is 15.9 Å². The van der Waals surface area contributed by atoms with Gasteiger partial charge in [0.25, 0.3) is 5.56 Å². The second-order valence-corrected chi connectivity index (χ2v) is 6.51. The number of nitrogens with zero attached hydrogens (tertiary/aromatic N) is 2. The molecule has 0 spiro atoms. The highest BCUT2D eigenvalue weighted by Crippen LogP contribution is 2.15. The number of amides is 1. The van der Waals surface area contributed by atoms with E-state index in [0.29, 0.717) is 29.7 Å². The third-order valence-corrected chi connectivity index (χ3v) is 4.77. The van der Waals surface area contributed by atoms with Crippen molar-refractivity contribution in [3.8, 4) is 0 Å². The second-order valence-electron chi connectivity index (χ2n) is 5.66. The molecule has 25 heavy (non-hydrogen) atoms. The molecule has 1 amide bonds. The van der Waals surface area contributed by atoms with E-state index in [2.05, 4.69) is 26.2 Å². The molecule has 1 aromatic heterocycles. The molecule has 0 atom stereocenters. The molecule has 1 heterocycles. The molecule has 128 valence electrons. The molecule has 0 fully saturated rings. The lowest BCUT2D eigenvalue weighted by atomic mass is 10.2. The number of aromatic nitrogens is 2. The zero-order valence-corrected chi connectivity index (χ0v) is 15.4. The van der Waals surface area contributed by atoms with Crippen molar-refractivity contribution in [1.29, 1.82) is 0 Å². The van der Waals surface area contributed by atoms with E-state index in [9.17, 15) is 9.59 Å². The van der Waals surface area contributed by atoms with Gasteiger partial charge in [-0.05, 0) is 23.8 Å². The van der Waals surface area contributed by atoms with Crippen LogP contribution in [0.2, 0.25) is 0 Å². The average molecular weight is 400 g/mol. The Morgan fingerprint density at radius 3 is 2.64 bits per heavy atom. The summed E-state index contributed by atoms with van der Waals surface area (Å²) in [6.07, 6.45) is 0.581. The quantitative estimate of drug-likeness (QED) is 0.716. The predicted octanol–water partition coefficient (Wildman–Crippen LogP) is 3.04. The van der Waals surface area contributed by atoms with Gasteiger partial charge in [0.05, 0.1) is 10.9 Å². The first-order valence-corrected chi connectivity index (χ1v) is 8.88. The zero-order valence-electron chi connectivity index (χ0n) is 13.8. The van der Waals surface area contributed by atoms with Crippen LogP contribution in [0, 0.1) is 0 Å². The Hall–Kier alpha value is -2.47. The van der Waals surface area contributed by atoms with Crippen LogP contribution in [-0.2, 0) is 24.3 Å². The summed E-state index contributed by atoms with van der Waals surface area (Å²) in [6, 6.07) is 14.9. The summed E-state index contributed by atoms with van der Waals surface area (Å²) in [5.74, 6) is 0.393. The SMILES string of the molecule is CCc1nc2ccccc2c(=O)n1CC(=O)NCc1ccccc1Br. The number of rotatable bonds is 5. The van der Waals surface area contributed by atoms with E-state index >= 15 is 0 Å². The molecule has 0 aliphatic heterocycles. The van der Waals surface area contributed by atoms with Crippen LogP contribution in [0.5, 0.6) is 0 Å². The minimum atomic E-state index is -0.218. The first-order valence-electron chi connectivity index (χ1n) is 8.08. The maximum Gasteiger partial charge on any atom is 0.261 e. The van der Waals surface area contributed by atoms with Crippen LogP contribution in [0.1, 0.15) is 18.3 Å². The van der Waals surface area contributed by atoms with E-state index in [0.717, 1.165) is 10.0 Å². The molecule has 0 radical (unpaired) electrons. The maximum absolute atomic E-state index is 12.7. The van der Waals surface area contributed by atoms with Gasteiger partial charge in [0.1, 0.15) is 12.4 Å². The fourth-order valence-corrected chi connectivity index (χ4v) is 3.11. The molecule has 0 bridgehead atoms. The number of carbonyl (C=O) groups is 1. The Bertz CT molecular complexity index is 982. The van der Waals surface area contributed by atoms with Crippen molar-refractivity contribution < 1.29 is 4.79 Å². The number of benzene rings is 2. The molecular weight excluding hydrogens is 382 g/mol. The molecule has 0 aliphatic carbocycles. The third-order valence-electron chi connectivity index (χ3n) is 3.99. The van der Waals surface area contributed by atoms with Crippen LogP contribution in [0.3, 0.4) is 0 Å². The third kappa shape index (κ3) is 3.79. The molecule has 0 aliphatic rings. The lowest BCUT2D eigenvalue weighted by molar-refractivity contribution is -0.121. The van der Waals surface area contributed by atoms with E-state index in [1.165, 1.54) is 4.57 Å². The molecule has 2 aromatic carbocycles. The van der Waals surface area contributed by atoms with Crippen molar-refractivity contribution in [1.82, 2.24) is 14.9 Å². The van der Waals surface area contributed by atoms with Gasteiger partial charge in [-0.3, -0.25) is 14.2 Å². The number of para-hydroxylation sites is 1. The second kappa shape index (κ2) is 7.61. The summed E-state index contributed by atoms with van der Waals surface area (Å²) < 4.78 is 2.40. The number of fused-ring (bicyclic) bond motifs is 1. The molecule has 0 saturated heterocycles. The van der Waals surface area contributed by atoms with Crippen LogP contribution in [0.4, 0.5) is 0 Å². The number of halogens is 1. The molecular formula is C19H18BrN3O2. The highest BCUT2D eigenvalue weighted by Gasteiger charge is 2.13. The van der Waals surface area contributed by atoms with E-state index in [1.807, 2.05) is 43.3 Å². The Morgan fingerprint density at radius 2 is 1.88 bits per heavy atom. The van der Waals surface area contributed by atoms with E-state index in [-0.39, 0.29) is 18.0 Å². The Balaban J connectivity index is 1.82. The van der Waals surface area contributed by atoms with E-state index in [1.54, 1.807) is 12.1 Å². The van der Waals surface area contributed by atoms with Crippen molar-refractivity contribution >= 4 is 32.7 Å². The van der Waals surface area contributed by atoms with Gasteiger partial charge in [-0.2, -0.15) is 0 Å². The summed E-state index contributed by atoms with van der Waals surface area (Å²) in [5, 5.41) is 3.38. The van der Waals surface area contributed by atoms with Crippen molar-refractivity contribution in [3.63, 3.8) is 0 Å². The topological polar surface area (TPSA) is 64.0 Å².